The number of alkyl halides is 3. The molecule has 2 heterocycles. The molecule has 1 amide bonds. The maximum Gasteiger partial charge on any atom is 0.573 e. The Morgan fingerprint density at radius 2 is 2.00 bits per heavy atom. The molecule has 0 saturated heterocycles. The number of carbonyl (C=O) groups is 2. The van der Waals surface area contributed by atoms with Crippen molar-refractivity contribution in [1.82, 2.24) is 14.3 Å². The molecule has 0 bridgehead atoms. The minimum Gasteiger partial charge on any atom is -0.406 e. The van der Waals surface area contributed by atoms with Crippen molar-refractivity contribution < 1.29 is 35.9 Å². The number of nitrogens with one attached hydrogen (secondary N) is 1. The highest BCUT2D eigenvalue weighted by molar-refractivity contribution is 7.89. The highest BCUT2D eigenvalue weighted by Gasteiger charge is 2.33. The molecule has 0 radical (unpaired) electrons. The Hall–Kier alpha value is -4.13. The number of hydrogen-bond acceptors (Lipinski definition) is 7. The van der Waals surface area contributed by atoms with Crippen molar-refractivity contribution >= 4 is 44.0 Å². The summed E-state index contributed by atoms with van der Waals surface area (Å²) in [7, 11) is -4.03. The summed E-state index contributed by atoms with van der Waals surface area (Å²) >= 11 is 0. The van der Waals surface area contributed by atoms with Gasteiger partial charge in [0.15, 0.2) is 5.78 Å². The highest BCUT2D eigenvalue weighted by atomic mass is 32.2. The summed E-state index contributed by atoms with van der Waals surface area (Å²) in [4.78, 5) is 30.0. The van der Waals surface area contributed by atoms with Crippen LogP contribution in [-0.4, -0.2) is 42.3 Å². The predicted octanol–water partition coefficient (Wildman–Crippen LogP) is 3.17. The average molecular weight is 520 g/mol. The molecule has 2 aromatic heterocycles. The van der Waals surface area contributed by atoms with Gasteiger partial charge in [-0.05, 0) is 35.9 Å². The Morgan fingerprint density at radius 3 is 2.64 bits per heavy atom. The van der Waals surface area contributed by atoms with Crippen LogP contribution in [0.2, 0.25) is 0 Å². The van der Waals surface area contributed by atoms with Crippen molar-refractivity contribution in [2.45, 2.75) is 19.3 Å². The summed E-state index contributed by atoms with van der Waals surface area (Å²) in [5.41, 5.74) is 6.38. The van der Waals surface area contributed by atoms with Gasteiger partial charge in [0.2, 0.25) is 10.0 Å². The Bertz CT molecular complexity index is 1560. The van der Waals surface area contributed by atoms with Crippen LogP contribution in [-0.2, 0) is 21.4 Å². The number of allylic oxidation sites excluding steroid dienone is 4. The van der Waals surface area contributed by atoms with Crippen LogP contribution in [0.25, 0.3) is 16.5 Å². The normalized spacial score (nSPS) is 14.1. The van der Waals surface area contributed by atoms with E-state index in [0.717, 1.165) is 18.4 Å². The molecular weight excluding hydrogens is 501 g/mol. The number of anilines is 1. The highest BCUT2D eigenvalue weighted by Crippen LogP contribution is 2.37. The molecule has 0 spiro atoms. The number of sulfonamides is 1. The smallest absolute Gasteiger partial charge is 0.406 e. The lowest BCUT2D eigenvalue weighted by Crippen LogP contribution is -2.32. The van der Waals surface area contributed by atoms with Crippen molar-refractivity contribution in [3.63, 3.8) is 0 Å². The van der Waals surface area contributed by atoms with Crippen molar-refractivity contribution in [2.24, 2.45) is 0 Å². The van der Waals surface area contributed by atoms with Gasteiger partial charge < -0.3 is 15.0 Å². The van der Waals surface area contributed by atoms with Crippen LogP contribution in [0.15, 0.2) is 54.8 Å². The first kappa shape index (κ1) is 25.0. The van der Waals surface area contributed by atoms with Crippen molar-refractivity contribution in [2.75, 3.05) is 12.0 Å². The number of fused-ring (bicyclic) bond motifs is 1. The quantitative estimate of drug-likeness (QED) is 0.510. The standard InChI is InChI=1S/C23H19F3N4O5S/c1-36(33,34)29-22(32)21-20(15-4-2-3-5-18(15)31)16-11-14(35-23(24,25)26)6-7-17(16)30(21)12-13-8-9-28-19(27)10-13/h2-4,6-11H,5,12H2,1H3,(H2,27,28)(H,29,32). The van der Waals surface area contributed by atoms with E-state index in [-0.39, 0.29) is 46.5 Å². The molecule has 0 atom stereocenters. The van der Waals surface area contributed by atoms with Gasteiger partial charge in [-0.25, -0.2) is 18.1 Å². The molecule has 13 heteroatoms. The first-order valence-electron chi connectivity index (χ1n) is 10.4. The molecule has 36 heavy (non-hydrogen) atoms. The molecule has 9 nitrogen and oxygen atoms in total. The summed E-state index contributed by atoms with van der Waals surface area (Å²) in [5, 5.41) is 0.0901. The van der Waals surface area contributed by atoms with Gasteiger partial charge in [0.05, 0.1) is 6.26 Å². The summed E-state index contributed by atoms with van der Waals surface area (Å²) in [6.07, 6.45) is 1.79. The summed E-state index contributed by atoms with van der Waals surface area (Å²) in [5.74, 6) is -1.86. The molecule has 4 rings (SSSR count). The number of ketones is 1. The molecular formula is C23H19F3N4O5S. The number of nitrogens with zero attached hydrogens (tertiary/aromatic N) is 2. The fourth-order valence-electron chi connectivity index (χ4n) is 3.96. The van der Waals surface area contributed by atoms with E-state index in [0.29, 0.717) is 5.56 Å². The largest absolute Gasteiger partial charge is 0.573 e. The summed E-state index contributed by atoms with van der Waals surface area (Å²) in [6.45, 7) is -0.0352. The number of amides is 1. The number of ether oxygens (including phenoxy) is 1. The number of aromatic nitrogens is 2. The number of rotatable bonds is 6. The second-order valence-electron chi connectivity index (χ2n) is 7.96. The summed E-state index contributed by atoms with van der Waals surface area (Å²) in [6, 6.07) is 6.55. The molecule has 0 unspecified atom stereocenters. The molecule has 0 saturated carbocycles. The van der Waals surface area contributed by atoms with Gasteiger partial charge >= 0.3 is 6.36 Å². The number of nitrogens with two attached hydrogens (primary N) is 1. The van der Waals surface area contributed by atoms with Crippen molar-refractivity contribution in [3.05, 3.63) is 71.6 Å². The number of Topliss-reactive ketones (excluding diaryl/α,β-unsaturated/α-hetero) is 1. The average Bonchev–Trinajstić information content (AvgIpc) is 3.05. The Morgan fingerprint density at radius 1 is 1.25 bits per heavy atom. The van der Waals surface area contributed by atoms with E-state index in [9.17, 15) is 31.2 Å². The van der Waals surface area contributed by atoms with Crippen molar-refractivity contribution in [3.8, 4) is 5.75 Å². The number of benzene rings is 1. The van der Waals surface area contributed by atoms with Crippen LogP contribution < -0.4 is 15.2 Å². The molecule has 0 fully saturated rings. The minimum absolute atomic E-state index is 0.00866. The lowest BCUT2D eigenvalue weighted by molar-refractivity contribution is -0.274. The fraction of sp³-hybridized carbons (Fsp3) is 0.174. The van der Waals surface area contributed by atoms with Gasteiger partial charge in [0.25, 0.3) is 5.91 Å². The minimum atomic E-state index is -4.98. The van der Waals surface area contributed by atoms with E-state index in [1.54, 1.807) is 18.2 Å². The summed E-state index contributed by atoms with van der Waals surface area (Å²) < 4.78 is 70.0. The maximum absolute atomic E-state index is 13.3. The maximum atomic E-state index is 13.3. The van der Waals surface area contributed by atoms with Gasteiger partial charge in [-0.3, -0.25) is 9.59 Å². The molecule has 1 aliphatic rings. The SMILES string of the molecule is CS(=O)(=O)NC(=O)c1c(C2=CC=CCC2=O)c2cc(OC(F)(F)F)ccc2n1Cc1ccnc(N)c1. The zero-order chi connectivity index (χ0) is 26.3. The number of carbonyl (C=O) groups excluding carboxylic acids is 2. The monoisotopic (exact) mass is 520 g/mol. The van der Waals surface area contributed by atoms with Crippen LogP contribution >= 0.6 is 0 Å². The van der Waals surface area contributed by atoms with E-state index in [1.165, 1.54) is 29.0 Å². The van der Waals surface area contributed by atoms with Crippen molar-refractivity contribution in [1.29, 1.82) is 0 Å². The van der Waals surface area contributed by atoms with E-state index in [4.69, 9.17) is 5.73 Å². The van der Waals surface area contributed by atoms with E-state index in [1.807, 2.05) is 4.72 Å². The predicted molar refractivity (Wildman–Crippen MR) is 125 cm³/mol. The molecule has 3 aromatic rings. The molecule has 3 N–H and O–H groups in total. The van der Waals surface area contributed by atoms with Crippen LogP contribution in [0, 0.1) is 0 Å². The first-order chi connectivity index (χ1) is 16.8. The third-order valence-corrected chi connectivity index (χ3v) is 5.78. The van der Waals surface area contributed by atoms with Gasteiger partial charge in [0, 0.05) is 41.2 Å². The fourth-order valence-corrected chi connectivity index (χ4v) is 4.39. The molecule has 1 aliphatic carbocycles. The number of hydrogen-bond donors (Lipinski definition) is 2. The third-order valence-electron chi connectivity index (χ3n) is 5.22. The van der Waals surface area contributed by atoms with E-state index >= 15 is 0 Å². The Labute approximate surface area is 203 Å². The van der Waals surface area contributed by atoms with E-state index in [2.05, 4.69) is 9.72 Å². The van der Waals surface area contributed by atoms with E-state index < -0.39 is 33.8 Å². The molecule has 0 aliphatic heterocycles. The van der Waals surface area contributed by atoms with Gasteiger partial charge in [-0.15, -0.1) is 13.2 Å². The Balaban J connectivity index is 2.05. The number of pyridine rings is 1. The number of halogens is 3. The lowest BCUT2D eigenvalue weighted by Gasteiger charge is -2.14. The molecule has 1 aromatic carbocycles. The van der Waals surface area contributed by atoms with Gasteiger partial charge in [-0.1, -0.05) is 18.2 Å². The molecule has 188 valence electrons. The van der Waals surface area contributed by atoms with Crippen LogP contribution in [0.1, 0.15) is 28.0 Å². The van der Waals surface area contributed by atoms with Crippen LogP contribution in [0.3, 0.4) is 0 Å². The number of nitrogen functional groups attached to an aromatic ring is 1. The Kier molecular flexibility index (Phi) is 6.35. The lowest BCUT2D eigenvalue weighted by atomic mass is 9.93. The zero-order valence-corrected chi connectivity index (χ0v) is 19.5. The van der Waals surface area contributed by atoms with Crippen LogP contribution in [0.5, 0.6) is 5.75 Å². The second-order valence-corrected chi connectivity index (χ2v) is 9.71. The van der Waals surface area contributed by atoms with Gasteiger partial charge in [0.1, 0.15) is 17.3 Å². The third kappa shape index (κ3) is 5.40. The van der Waals surface area contributed by atoms with Gasteiger partial charge in [-0.2, -0.15) is 0 Å². The first-order valence-corrected chi connectivity index (χ1v) is 12.3. The second kappa shape index (κ2) is 9.15. The van der Waals surface area contributed by atoms with Crippen LogP contribution in [0.4, 0.5) is 19.0 Å². The topological polar surface area (TPSA) is 133 Å². The zero-order valence-electron chi connectivity index (χ0n) is 18.7.